The molecular formula is C20H21Cl2N3O4. The molecule has 1 atom stereocenters. The molecule has 2 aromatic rings. The van der Waals surface area contributed by atoms with Gasteiger partial charge < -0.3 is 10.6 Å². The molecule has 0 spiro atoms. The summed E-state index contributed by atoms with van der Waals surface area (Å²) < 4.78 is 0. The standard InChI is InChI=1S/C20H21Cl2N3O4/c21-14-9-10-15(16(22)12-14)19(27)23-11-5-4-8-17(20(28)25-29)24-18(26)13-6-2-1-3-7-13/h1-3,6-7,9-10,12,17,29H,4-5,8,11H2,(H,23,27)(H,24,26)(H,25,28)/t17-/m0/s1. The third kappa shape index (κ3) is 7.05. The number of benzene rings is 2. The van der Waals surface area contributed by atoms with Crippen LogP contribution in [0.2, 0.25) is 10.0 Å². The lowest BCUT2D eigenvalue weighted by Crippen LogP contribution is -2.45. The number of hydroxylamine groups is 1. The molecule has 9 heteroatoms. The molecule has 0 unspecified atom stereocenters. The maximum Gasteiger partial charge on any atom is 0.265 e. The second-order valence-corrected chi connectivity index (χ2v) is 7.09. The number of carbonyl (C=O) groups excluding carboxylic acids is 3. The van der Waals surface area contributed by atoms with E-state index in [0.29, 0.717) is 42.0 Å². The van der Waals surface area contributed by atoms with E-state index in [-0.39, 0.29) is 10.9 Å². The first-order chi connectivity index (χ1) is 13.9. The summed E-state index contributed by atoms with van der Waals surface area (Å²) in [5.41, 5.74) is 2.30. The van der Waals surface area contributed by atoms with Crippen LogP contribution in [0, 0.1) is 0 Å². The number of amides is 3. The maximum atomic E-state index is 12.2. The molecule has 0 aliphatic heterocycles. The molecule has 0 aliphatic rings. The first-order valence-corrected chi connectivity index (χ1v) is 9.71. The molecule has 29 heavy (non-hydrogen) atoms. The van der Waals surface area contributed by atoms with Crippen LogP contribution >= 0.6 is 23.2 Å². The normalized spacial score (nSPS) is 11.4. The van der Waals surface area contributed by atoms with E-state index in [0.717, 1.165) is 0 Å². The second kappa shape index (κ2) is 11.4. The van der Waals surface area contributed by atoms with Gasteiger partial charge in [-0.2, -0.15) is 0 Å². The fourth-order valence-corrected chi connectivity index (χ4v) is 3.12. The molecular weight excluding hydrogens is 417 g/mol. The van der Waals surface area contributed by atoms with Crippen molar-refractivity contribution in [3.8, 4) is 0 Å². The van der Waals surface area contributed by atoms with E-state index in [2.05, 4.69) is 10.6 Å². The zero-order valence-electron chi connectivity index (χ0n) is 15.5. The van der Waals surface area contributed by atoms with Crippen LogP contribution in [0.3, 0.4) is 0 Å². The van der Waals surface area contributed by atoms with Gasteiger partial charge in [0.2, 0.25) is 0 Å². The van der Waals surface area contributed by atoms with Crippen molar-refractivity contribution in [1.29, 1.82) is 0 Å². The van der Waals surface area contributed by atoms with Crippen molar-refractivity contribution in [2.24, 2.45) is 0 Å². The Hall–Kier alpha value is -2.61. The summed E-state index contributed by atoms with van der Waals surface area (Å²) in [4.78, 5) is 36.2. The minimum absolute atomic E-state index is 0.262. The Morgan fingerprint density at radius 1 is 0.966 bits per heavy atom. The molecule has 0 heterocycles. The van der Waals surface area contributed by atoms with Crippen molar-refractivity contribution in [2.45, 2.75) is 25.3 Å². The van der Waals surface area contributed by atoms with Crippen LogP contribution in [0.4, 0.5) is 0 Å². The first-order valence-electron chi connectivity index (χ1n) is 8.95. The summed E-state index contributed by atoms with van der Waals surface area (Å²) in [5, 5.41) is 14.9. The number of nitrogens with one attached hydrogen (secondary N) is 3. The molecule has 0 aliphatic carbocycles. The molecule has 0 bridgehead atoms. The largest absolute Gasteiger partial charge is 0.352 e. The van der Waals surface area contributed by atoms with Gasteiger partial charge in [0.25, 0.3) is 17.7 Å². The summed E-state index contributed by atoms with van der Waals surface area (Å²) in [6.07, 6.45) is 1.39. The van der Waals surface area contributed by atoms with Gasteiger partial charge in [-0.05, 0) is 49.6 Å². The quantitative estimate of drug-likeness (QED) is 0.274. The molecule has 2 rings (SSSR count). The third-order valence-corrected chi connectivity index (χ3v) is 4.70. The highest BCUT2D eigenvalue weighted by atomic mass is 35.5. The Morgan fingerprint density at radius 2 is 1.69 bits per heavy atom. The molecule has 4 N–H and O–H groups in total. The van der Waals surface area contributed by atoms with Crippen LogP contribution < -0.4 is 16.1 Å². The summed E-state index contributed by atoms with van der Waals surface area (Å²) in [6, 6.07) is 12.2. The summed E-state index contributed by atoms with van der Waals surface area (Å²) >= 11 is 11.8. The topological polar surface area (TPSA) is 108 Å². The number of unbranched alkanes of at least 4 members (excludes halogenated alkanes) is 1. The molecule has 0 radical (unpaired) electrons. The van der Waals surface area contributed by atoms with Crippen molar-refractivity contribution < 1.29 is 19.6 Å². The van der Waals surface area contributed by atoms with Gasteiger partial charge >= 0.3 is 0 Å². The molecule has 3 amide bonds. The number of hydrogen-bond acceptors (Lipinski definition) is 4. The van der Waals surface area contributed by atoms with Crippen LogP contribution in [0.15, 0.2) is 48.5 Å². The van der Waals surface area contributed by atoms with E-state index in [1.807, 2.05) is 0 Å². The van der Waals surface area contributed by atoms with Gasteiger partial charge in [0.1, 0.15) is 6.04 Å². The maximum absolute atomic E-state index is 12.2. The van der Waals surface area contributed by atoms with E-state index < -0.39 is 17.9 Å². The van der Waals surface area contributed by atoms with Crippen LogP contribution in [-0.2, 0) is 4.79 Å². The lowest BCUT2D eigenvalue weighted by molar-refractivity contribution is -0.131. The molecule has 2 aromatic carbocycles. The second-order valence-electron chi connectivity index (χ2n) is 6.24. The predicted octanol–water partition coefficient (Wildman–Crippen LogP) is 3.20. The Bertz CT molecular complexity index is 862. The average molecular weight is 438 g/mol. The van der Waals surface area contributed by atoms with Crippen molar-refractivity contribution in [3.63, 3.8) is 0 Å². The SMILES string of the molecule is O=C(N[C@@H](CCCCNC(=O)c1ccc(Cl)cc1Cl)C(=O)NO)c1ccccc1. The van der Waals surface area contributed by atoms with Crippen LogP contribution in [-0.4, -0.2) is 35.5 Å². The minimum Gasteiger partial charge on any atom is -0.352 e. The smallest absolute Gasteiger partial charge is 0.265 e. The fourth-order valence-electron chi connectivity index (χ4n) is 2.62. The van der Waals surface area contributed by atoms with E-state index in [4.69, 9.17) is 28.4 Å². The zero-order chi connectivity index (χ0) is 21.2. The van der Waals surface area contributed by atoms with Crippen molar-refractivity contribution in [1.82, 2.24) is 16.1 Å². The highest BCUT2D eigenvalue weighted by molar-refractivity contribution is 6.36. The first kappa shape index (κ1) is 22.7. The van der Waals surface area contributed by atoms with Gasteiger partial charge in [-0.1, -0.05) is 41.4 Å². The van der Waals surface area contributed by atoms with Crippen molar-refractivity contribution >= 4 is 40.9 Å². The molecule has 0 fully saturated rings. The Balaban J connectivity index is 1.80. The van der Waals surface area contributed by atoms with Gasteiger partial charge in [0, 0.05) is 17.1 Å². The number of carbonyl (C=O) groups is 3. The van der Waals surface area contributed by atoms with Crippen LogP contribution in [0.1, 0.15) is 40.0 Å². The summed E-state index contributed by atoms with van der Waals surface area (Å²) in [6.45, 7) is 0.359. The number of rotatable bonds is 9. The monoisotopic (exact) mass is 437 g/mol. The van der Waals surface area contributed by atoms with Gasteiger partial charge in [-0.25, -0.2) is 5.48 Å². The van der Waals surface area contributed by atoms with Crippen LogP contribution in [0.5, 0.6) is 0 Å². The Labute approximate surface area is 178 Å². The highest BCUT2D eigenvalue weighted by Gasteiger charge is 2.20. The van der Waals surface area contributed by atoms with Gasteiger partial charge in [0.15, 0.2) is 0 Å². The average Bonchev–Trinajstić information content (AvgIpc) is 2.72. The van der Waals surface area contributed by atoms with Gasteiger partial charge in [0.05, 0.1) is 10.6 Å². The van der Waals surface area contributed by atoms with E-state index in [1.54, 1.807) is 47.9 Å². The van der Waals surface area contributed by atoms with Gasteiger partial charge in [-0.3, -0.25) is 19.6 Å². The number of hydrogen-bond donors (Lipinski definition) is 4. The highest BCUT2D eigenvalue weighted by Crippen LogP contribution is 2.20. The lowest BCUT2D eigenvalue weighted by atomic mass is 10.1. The van der Waals surface area contributed by atoms with E-state index in [9.17, 15) is 14.4 Å². The number of halogens is 2. The van der Waals surface area contributed by atoms with E-state index >= 15 is 0 Å². The molecule has 7 nitrogen and oxygen atoms in total. The van der Waals surface area contributed by atoms with Crippen LogP contribution in [0.25, 0.3) is 0 Å². The summed E-state index contributed by atoms with van der Waals surface area (Å²) in [7, 11) is 0. The molecule has 0 aromatic heterocycles. The zero-order valence-corrected chi connectivity index (χ0v) is 17.0. The summed E-state index contributed by atoms with van der Waals surface area (Å²) in [5.74, 6) is -1.44. The Kier molecular flexibility index (Phi) is 8.92. The van der Waals surface area contributed by atoms with Crippen molar-refractivity contribution in [3.05, 3.63) is 69.7 Å². The molecule has 154 valence electrons. The molecule has 0 saturated heterocycles. The van der Waals surface area contributed by atoms with Gasteiger partial charge in [-0.15, -0.1) is 0 Å². The van der Waals surface area contributed by atoms with E-state index in [1.165, 1.54) is 6.07 Å². The lowest BCUT2D eigenvalue weighted by Gasteiger charge is -2.17. The van der Waals surface area contributed by atoms with Crippen molar-refractivity contribution in [2.75, 3.05) is 6.54 Å². The fraction of sp³-hybridized carbons (Fsp3) is 0.250. The Morgan fingerprint density at radius 3 is 2.34 bits per heavy atom. The third-order valence-electron chi connectivity index (χ3n) is 4.15. The minimum atomic E-state index is -0.894. The predicted molar refractivity (Wildman–Crippen MR) is 110 cm³/mol. The molecule has 0 saturated carbocycles.